The molecular formula is C23H23NO4S. The van der Waals surface area contributed by atoms with Crippen molar-refractivity contribution in [2.75, 3.05) is 11.1 Å². The minimum Gasteiger partial charge on any atom is -0.457 e. The van der Waals surface area contributed by atoms with Crippen LogP contribution < -0.4 is 10.1 Å². The van der Waals surface area contributed by atoms with E-state index >= 15 is 0 Å². The SMILES string of the molecule is CCS(=O)(=O)c1ccc(CC(=O)Nc2ccc(Oc3cccc(C)c3)cc2)cc1. The average molecular weight is 410 g/mol. The molecule has 0 atom stereocenters. The molecule has 150 valence electrons. The van der Waals surface area contributed by atoms with Gasteiger partial charge < -0.3 is 10.1 Å². The molecule has 3 rings (SSSR count). The Bertz CT molecular complexity index is 1090. The summed E-state index contributed by atoms with van der Waals surface area (Å²) in [5.41, 5.74) is 2.53. The molecule has 1 amide bonds. The lowest BCUT2D eigenvalue weighted by Crippen LogP contribution is -2.14. The summed E-state index contributed by atoms with van der Waals surface area (Å²) in [6.45, 7) is 3.61. The highest BCUT2D eigenvalue weighted by Gasteiger charge is 2.12. The number of anilines is 1. The van der Waals surface area contributed by atoms with E-state index in [4.69, 9.17) is 4.74 Å². The van der Waals surface area contributed by atoms with Crippen molar-refractivity contribution in [1.82, 2.24) is 0 Å². The van der Waals surface area contributed by atoms with Gasteiger partial charge >= 0.3 is 0 Å². The summed E-state index contributed by atoms with van der Waals surface area (Å²) in [5.74, 6) is 1.32. The van der Waals surface area contributed by atoms with E-state index in [0.29, 0.717) is 11.4 Å². The molecule has 0 fully saturated rings. The standard InChI is InChI=1S/C23H23NO4S/c1-3-29(26,27)22-13-7-18(8-14-22)16-23(25)24-19-9-11-20(12-10-19)28-21-6-4-5-17(2)15-21/h4-15H,3,16H2,1-2H3,(H,24,25). The molecule has 0 saturated heterocycles. The Kier molecular flexibility index (Phi) is 6.34. The van der Waals surface area contributed by atoms with E-state index in [1.807, 2.05) is 31.2 Å². The lowest BCUT2D eigenvalue weighted by molar-refractivity contribution is -0.115. The van der Waals surface area contributed by atoms with Crippen LogP contribution in [0.5, 0.6) is 11.5 Å². The van der Waals surface area contributed by atoms with Crippen LogP contribution in [0.15, 0.2) is 77.7 Å². The molecule has 29 heavy (non-hydrogen) atoms. The lowest BCUT2D eigenvalue weighted by Gasteiger charge is -2.09. The number of nitrogens with one attached hydrogen (secondary N) is 1. The summed E-state index contributed by atoms with van der Waals surface area (Å²) in [7, 11) is -3.23. The molecule has 3 aromatic carbocycles. The second-order valence-electron chi connectivity index (χ2n) is 6.72. The molecule has 1 N–H and O–H groups in total. The second-order valence-corrected chi connectivity index (χ2v) is 8.99. The predicted molar refractivity (Wildman–Crippen MR) is 114 cm³/mol. The highest BCUT2D eigenvalue weighted by molar-refractivity contribution is 7.91. The van der Waals surface area contributed by atoms with Gasteiger partial charge in [0.15, 0.2) is 9.84 Å². The van der Waals surface area contributed by atoms with Crippen LogP contribution >= 0.6 is 0 Å². The molecule has 0 spiro atoms. The van der Waals surface area contributed by atoms with Crippen LogP contribution in [-0.2, 0) is 21.1 Å². The maximum Gasteiger partial charge on any atom is 0.228 e. The predicted octanol–water partition coefficient (Wildman–Crippen LogP) is 4.76. The van der Waals surface area contributed by atoms with Gasteiger partial charge in [0.1, 0.15) is 11.5 Å². The van der Waals surface area contributed by atoms with E-state index in [0.717, 1.165) is 16.9 Å². The first-order chi connectivity index (χ1) is 13.9. The van der Waals surface area contributed by atoms with Gasteiger partial charge in [0.2, 0.25) is 5.91 Å². The molecule has 0 bridgehead atoms. The maximum atomic E-state index is 12.3. The van der Waals surface area contributed by atoms with Crippen molar-refractivity contribution in [2.24, 2.45) is 0 Å². The van der Waals surface area contributed by atoms with Crippen LogP contribution in [0.2, 0.25) is 0 Å². The van der Waals surface area contributed by atoms with Gasteiger partial charge in [-0.05, 0) is 66.6 Å². The van der Waals surface area contributed by atoms with Crippen molar-refractivity contribution in [3.63, 3.8) is 0 Å². The smallest absolute Gasteiger partial charge is 0.228 e. The van der Waals surface area contributed by atoms with Gasteiger partial charge in [-0.3, -0.25) is 4.79 Å². The third-order valence-electron chi connectivity index (χ3n) is 4.39. The largest absolute Gasteiger partial charge is 0.457 e. The molecule has 0 aliphatic carbocycles. The molecule has 3 aromatic rings. The summed E-state index contributed by atoms with van der Waals surface area (Å²) in [6.07, 6.45) is 0.161. The Labute approximate surface area is 171 Å². The number of hydrogen-bond acceptors (Lipinski definition) is 4. The van der Waals surface area contributed by atoms with E-state index in [9.17, 15) is 13.2 Å². The Balaban J connectivity index is 1.58. The summed E-state index contributed by atoms with van der Waals surface area (Å²) in [5, 5.41) is 2.83. The van der Waals surface area contributed by atoms with Crippen molar-refractivity contribution in [2.45, 2.75) is 25.2 Å². The monoisotopic (exact) mass is 409 g/mol. The number of rotatable bonds is 7. The highest BCUT2D eigenvalue weighted by Crippen LogP contribution is 2.23. The molecule has 6 heteroatoms. The van der Waals surface area contributed by atoms with E-state index in [2.05, 4.69) is 5.32 Å². The van der Waals surface area contributed by atoms with Crippen molar-refractivity contribution < 1.29 is 17.9 Å². The molecular weight excluding hydrogens is 386 g/mol. The summed E-state index contributed by atoms with van der Waals surface area (Å²) < 4.78 is 29.5. The van der Waals surface area contributed by atoms with Gasteiger partial charge in [0.05, 0.1) is 17.1 Å². The third kappa shape index (κ3) is 5.68. The number of amides is 1. The molecule has 5 nitrogen and oxygen atoms in total. The minimum atomic E-state index is -3.23. The maximum absolute atomic E-state index is 12.3. The van der Waals surface area contributed by atoms with Gasteiger partial charge in [-0.2, -0.15) is 0 Å². The van der Waals surface area contributed by atoms with Crippen molar-refractivity contribution in [3.8, 4) is 11.5 Å². The zero-order chi connectivity index (χ0) is 20.9. The summed E-state index contributed by atoms with van der Waals surface area (Å²) in [4.78, 5) is 12.5. The Morgan fingerprint density at radius 3 is 2.24 bits per heavy atom. The number of carbonyl (C=O) groups excluding carboxylic acids is 1. The van der Waals surface area contributed by atoms with Crippen LogP contribution in [0.4, 0.5) is 5.69 Å². The fraction of sp³-hybridized carbons (Fsp3) is 0.174. The number of ether oxygens (including phenoxy) is 1. The zero-order valence-corrected chi connectivity index (χ0v) is 17.2. The molecule has 0 aliphatic heterocycles. The normalized spacial score (nSPS) is 11.1. The average Bonchev–Trinajstić information content (AvgIpc) is 2.70. The molecule has 0 aromatic heterocycles. The molecule has 0 heterocycles. The Morgan fingerprint density at radius 2 is 1.62 bits per heavy atom. The Morgan fingerprint density at radius 1 is 0.931 bits per heavy atom. The number of hydrogen-bond donors (Lipinski definition) is 1. The quantitative estimate of drug-likeness (QED) is 0.610. The number of benzene rings is 3. The van der Waals surface area contributed by atoms with E-state index in [1.165, 1.54) is 0 Å². The van der Waals surface area contributed by atoms with Crippen molar-refractivity contribution >= 4 is 21.4 Å². The van der Waals surface area contributed by atoms with E-state index < -0.39 is 9.84 Å². The molecule has 0 saturated carbocycles. The fourth-order valence-corrected chi connectivity index (χ4v) is 3.68. The van der Waals surface area contributed by atoms with Gasteiger partial charge in [-0.1, -0.05) is 31.2 Å². The first-order valence-electron chi connectivity index (χ1n) is 9.32. The van der Waals surface area contributed by atoms with Crippen LogP contribution in [-0.4, -0.2) is 20.1 Å². The van der Waals surface area contributed by atoms with Gasteiger partial charge in [-0.15, -0.1) is 0 Å². The molecule has 0 unspecified atom stereocenters. The van der Waals surface area contributed by atoms with Crippen LogP contribution in [0.1, 0.15) is 18.1 Å². The molecule has 0 radical (unpaired) electrons. The van der Waals surface area contributed by atoms with E-state index in [-0.39, 0.29) is 23.0 Å². The lowest BCUT2D eigenvalue weighted by atomic mass is 10.1. The topological polar surface area (TPSA) is 72.5 Å². The van der Waals surface area contributed by atoms with Crippen molar-refractivity contribution in [3.05, 3.63) is 83.9 Å². The molecule has 0 aliphatic rings. The number of sulfone groups is 1. The number of carbonyl (C=O) groups is 1. The Hall–Kier alpha value is -3.12. The van der Waals surface area contributed by atoms with Gasteiger partial charge in [0.25, 0.3) is 0 Å². The second kappa shape index (κ2) is 8.92. The highest BCUT2D eigenvalue weighted by atomic mass is 32.2. The number of aryl methyl sites for hydroxylation is 1. The van der Waals surface area contributed by atoms with Crippen LogP contribution in [0.3, 0.4) is 0 Å². The van der Waals surface area contributed by atoms with E-state index in [1.54, 1.807) is 55.5 Å². The summed E-state index contributed by atoms with van der Waals surface area (Å²) >= 11 is 0. The van der Waals surface area contributed by atoms with Crippen molar-refractivity contribution in [1.29, 1.82) is 0 Å². The van der Waals surface area contributed by atoms with Gasteiger partial charge in [-0.25, -0.2) is 8.42 Å². The van der Waals surface area contributed by atoms with Crippen LogP contribution in [0, 0.1) is 6.92 Å². The minimum absolute atomic E-state index is 0.0520. The van der Waals surface area contributed by atoms with Gasteiger partial charge in [0, 0.05) is 5.69 Å². The third-order valence-corrected chi connectivity index (χ3v) is 6.14. The summed E-state index contributed by atoms with van der Waals surface area (Å²) in [6, 6.07) is 21.3. The fourth-order valence-electron chi connectivity index (χ4n) is 2.79. The first-order valence-corrected chi connectivity index (χ1v) is 11.0. The zero-order valence-electron chi connectivity index (χ0n) is 16.4. The van der Waals surface area contributed by atoms with Crippen LogP contribution in [0.25, 0.3) is 0 Å². The first kappa shape index (κ1) is 20.6.